The lowest BCUT2D eigenvalue weighted by Crippen LogP contribution is -2.07. The van der Waals surface area contributed by atoms with E-state index >= 15 is 0 Å². The molecule has 0 aliphatic rings. The number of carbonyl (C=O) groups is 1. The second-order valence-electron chi connectivity index (χ2n) is 2.32. The Hall–Kier alpha value is -0.830. The van der Waals surface area contributed by atoms with Crippen LogP contribution < -0.4 is 0 Å². The fourth-order valence-electron chi connectivity index (χ4n) is 0.734. The lowest BCUT2D eigenvalue weighted by atomic mass is 10.2. The van der Waals surface area contributed by atoms with Crippen LogP contribution in [0.5, 0.6) is 0 Å². The maximum atomic E-state index is 10.3. The molecule has 0 rings (SSSR count). The molecule has 0 aliphatic carbocycles. The summed E-state index contributed by atoms with van der Waals surface area (Å²) in [5.74, 6) is -0.892. The molecular formula is C8H14O3. The fourth-order valence-corrected chi connectivity index (χ4v) is 0.734. The molecule has 0 aromatic carbocycles. The highest BCUT2D eigenvalue weighted by atomic mass is 16.5. The van der Waals surface area contributed by atoms with Gasteiger partial charge >= 0.3 is 5.97 Å². The maximum absolute atomic E-state index is 10.3. The topological polar surface area (TPSA) is 46.5 Å². The first-order valence-corrected chi connectivity index (χ1v) is 3.61. The third-order valence-electron chi connectivity index (χ3n) is 1.25. The number of rotatable bonds is 4. The van der Waals surface area contributed by atoms with Gasteiger partial charge in [-0.15, -0.1) is 0 Å². The quantitative estimate of drug-likeness (QED) is 0.630. The van der Waals surface area contributed by atoms with E-state index in [1.54, 1.807) is 13.0 Å². The lowest BCUT2D eigenvalue weighted by molar-refractivity contribution is -0.132. The van der Waals surface area contributed by atoms with Crippen molar-refractivity contribution >= 4 is 5.97 Å². The van der Waals surface area contributed by atoms with Crippen molar-refractivity contribution in [1.29, 1.82) is 0 Å². The largest absolute Gasteiger partial charge is 0.478 e. The third kappa shape index (κ3) is 4.56. The van der Waals surface area contributed by atoms with Crippen LogP contribution in [0, 0.1) is 0 Å². The molecule has 0 radical (unpaired) electrons. The first kappa shape index (κ1) is 10.2. The van der Waals surface area contributed by atoms with Crippen LogP contribution in [-0.2, 0) is 9.53 Å². The molecule has 11 heavy (non-hydrogen) atoms. The van der Waals surface area contributed by atoms with E-state index in [-0.39, 0.29) is 6.10 Å². The van der Waals surface area contributed by atoms with E-state index in [2.05, 4.69) is 0 Å². The first-order chi connectivity index (χ1) is 5.07. The van der Waals surface area contributed by atoms with Crippen LogP contribution in [0.4, 0.5) is 0 Å². The van der Waals surface area contributed by atoms with Crippen molar-refractivity contribution in [3.05, 3.63) is 11.6 Å². The van der Waals surface area contributed by atoms with Crippen molar-refractivity contribution in [2.24, 2.45) is 0 Å². The second-order valence-corrected chi connectivity index (χ2v) is 2.32. The molecule has 1 unspecified atom stereocenters. The summed E-state index contributed by atoms with van der Waals surface area (Å²) in [6.07, 6.45) is 1.47. The van der Waals surface area contributed by atoms with E-state index < -0.39 is 5.97 Å². The highest BCUT2D eigenvalue weighted by Gasteiger charge is 2.02. The smallest absolute Gasteiger partial charge is 0.331 e. The molecule has 64 valence electrons. The molecule has 0 fully saturated rings. The molecule has 0 aliphatic heterocycles. The van der Waals surface area contributed by atoms with Gasteiger partial charge in [0.2, 0.25) is 0 Å². The Morgan fingerprint density at radius 1 is 1.73 bits per heavy atom. The first-order valence-electron chi connectivity index (χ1n) is 3.61. The number of hydrogen-bond donors (Lipinski definition) is 1. The standard InChI is InChI=1S/C8H14O3/c1-4-11-7(3)5-6(2)8(9)10/h5,7H,4H2,1-3H3,(H,9,10)/b6-5+. The Kier molecular flexibility index (Phi) is 4.54. The number of aliphatic carboxylic acids is 1. The molecular weight excluding hydrogens is 144 g/mol. The minimum atomic E-state index is -0.892. The Morgan fingerprint density at radius 2 is 2.27 bits per heavy atom. The Bertz CT molecular complexity index is 161. The highest BCUT2D eigenvalue weighted by molar-refractivity contribution is 5.85. The number of carboxylic acids is 1. The predicted octanol–water partition coefficient (Wildman–Crippen LogP) is 1.44. The van der Waals surface area contributed by atoms with Crippen LogP contribution in [0.2, 0.25) is 0 Å². The molecule has 0 amide bonds. The molecule has 0 aromatic rings. The van der Waals surface area contributed by atoms with Crippen LogP contribution in [0.15, 0.2) is 11.6 Å². The Labute approximate surface area is 66.7 Å². The van der Waals surface area contributed by atoms with Gasteiger partial charge in [0.1, 0.15) is 0 Å². The third-order valence-corrected chi connectivity index (χ3v) is 1.25. The van der Waals surface area contributed by atoms with Crippen LogP contribution in [-0.4, -0.2) is 23.8 Å². The average Bonchev–Trinajstić information content (AvgIpc) is 1.87. The van der Waals surface area contributed by atoms with Gasteiger partial charge in [-0.25, -0.2) is 4.79 Å². The van der Waals surface area contributed by atoms with Crippen LogP contribution >= 0.6 is 0 Å². The SMILES string of the molecule is CCOC(C)/C=C(\C)C(=O)O. The van der Waals surface area contributed by atoms with Crippen molar-refractivity contribution in [2.45, 2.75) is 26.9 Å². The lowest BCUT2D eigenvalue weighted by Gasteiger charge is -2.05. The summed E-state index contributed by atoms with van der Waals surface area (Å²) < 4.78 is 5.12. The van der Waals surface area contributed by atoms with Gasteiger partial charge in [0.15, 0.2) is 0 Å². The molecule has 0 spiro atoms. The molecule has 1 N–H and O–H groups in total. The zero-order valence-electron chi connectivity index (χ0n) is 7.13. The van der Waals surface area contributed by atoms with Crippen LogP contribution in [0.3, 0.4) is 0 Å². The van der Waals surface area contributed by atoms with Crippen molar-refractivity contribution in [1.82, 2.24) is 0 Å². The van der Waals surface area contributed by atoms with Gasteiger partial charge < -0.3 is 9.84 Å². The summed E-state index contributed by atoms with van der Waals surface area (Å²) in [4.78, 5) is 10.3. The van der Waals surface area contributed by atoms with Crippen molar-refractivity contribution in [2.75, 3.05) is 6.61 Å². The summed E-state index contributed by atoms with van der Waals surface area (Å²) in [6, 6.07) is 0. The molecule has 3 heteroatoms. The maximum Gasteiger partial charge on any atom is 0.331 e. The zero-order valence-corrected chi connectivity index (χ0v) is 7.13. The van der Waals surface area contributed by atoms with E-state index in [9.17, 15) is 4.79 Å². The summed E-state index contributed by atoms with van der Waals surface area (Å²) in [5.41, 5.74) is 0.325. The van der Waals surface area contributed by atoms with Crippen molar-refractivity contribution in [3.8, 4) is 0 Å². The molecule has 0 bridgehead atoms. The van der Waals surface area contributed by atoms with Gasteiger partial charge in [0.25, 0.3) is 0 Å². The fraction of sp³-hybridized carbons (Fsp3) is 0.625. The molecule has 0 saturated carbocycles. The van der Waals surface area contributed by atoms with E-state index in [0.717, 1.165) is 0 Å². The molecule has 0 aromatic heterocycles. The van der Waals surface area contributed by atoms with Crippen LogP contribution in [0.1, 0.15) is 20.8 Å². The highest BCUT2D eigenvalue weighted by Crippen LogP contribution is 1.99. The average molecular weight is 158 g/mol. The van der Waals surface area contributed by atoms with Gasteiger partial charge in [-0.05, 0) is 26.8 Å². The van der Waals surface area contributed by atoms with Crippen molar-refractivity contribution < 1.29 is 14.6 Å². The van der Waals surface area contributed by atoms with Gasteiger partial charge in [-0.1, -0.05) is 0 Å². The van der Waals surface area contributed by atoms with Gasteiger partial charge in [0.05, 0.1) is 6.10 Å². The second kappa shape index (κ2) is 4.91. The minimum absolute atomic E-state index is 0.115. The summed E-state index contributed by atoms with van der Waals surface area (Å²) in [5, 5.41) is 8.48. The van der Waals surface area contributed by atoms with Crippen molar-refractivity contribution in [3.63, 3.8) is 0 Å². The summed E-state index contributed by atoms with van der Waals surface area (Å²) in [6.45, 7) is 5.85. The van der Waals surface area contributed by atoms with E-state index in [1.807, 2.05) is 13.8 Å². The monoisotopic (exact) mass is 158 g/mol. The summed E-state index contributed by atoms with van der Waals surface area (Å²) in [7, 11) is 0. The normalized spacial score (nSPS) is 14.6. The zero-order chi connectivity index (χ0) is 8.85. The molecule has 0 heterocycles. The molecule has 0 saturated heterocycles. The Balaban J connectivity index is 3.96. The van der Waals surface area contributed by atoms with Gasteiger partial charge in [-0.2, -0.15) is 0 Å². The summed E-state index contributed by atoms with van der Waals surface area (Å²) >= 11 is 0. The van der Waals surface area contributed by atoms with Gasteiger partial charge in [-0.3, -0.25) is 0 Å². The number of carboxylic acid groups (broad SMARTS) is 1. The van der Waals surface area contributed by atoms with Gasteiger partial charge in [0, 0.05) is 12.2 Å². The Morgan fingerprint density at radius 3 is 2.64 bits per heavy atom. The minimum Gasteiger partial charge on any atom is -0.478 e. The molecule has 3 nitrogen and oxygen atoms in total. The van der Waals surface area contributed by atoms with E-state index in [4.69, 9.17) is 9.84 Å². The van der Waals surface area contributed by atoms with Crippen LogP contribution in [0.25, 0.3) is 0 Å². The van der Waals surface area contributed by atoms with E-state index in [1.165, 1.54) is 0 Å². The van der Waals surface area contributed by atoms with E-state index in [0.29, 0.717) is 12.2 Å². The predicted molar refractivity (Wildman–Crippen MR) is 42.5 cm³/mol. The molecule has 1 atom stereocenters. The number of hydrogen-bond acceptors (Lipinski definition) is 2. The number of ether oxygens (including phenoxy) is 1.